The fourth-order valence-electron chi connectivity index (χ4n) is 1.49. The van der Waals surface area contributed by atoms with E-state index < -0.39 is 23.4 Å². The first-order valence-electron chi connectivity index (χ1n) is 5.74. The van der Waals surface area contributed by atoms with Gasteiger partial charge < -0.3 is 10.3 Å². The average molecular weight is 324 g/mol. The van der Waals surface area contributed by atoms with Gasteiger partial charge in [0, 0.05) is 11.4 Å². The Morgan fingerprint density at radius 1 is 1.33 bits per heavy atom. The van der Waals surface area contributed by atoms with E-state index in [0.29, 0.717) is 5.56 Å². The molecule has 0 radical (unpaired) electrons. The third-order valence-corrected chi connectivity index (χ3v) is 3.22. The minimum Gasteiger partial charge on any atom is -0.337 e. The largest absolute Gasteiger partial charge is 0.415 e. The number of alkyl halides is 3. The van der Waals surface area contributed by atoms with Crippen molar-refractivity contribution in [3.05, 3.63) is 46.3 Å². The van der Waals surface area contributed by atoms with Gasteiger partial charge in [0.2, 0.25) is 0 Å². The number of nitrogens with two attached hydrogens (primary N) is 1. The number of hydrogen-bond donors (Lipinski definition) is 1. The van der Waals surface area contributed by atoms with Gasteiger partial charge in [-0.05, 0) is 24.6 Å². The molecule has 1 aromatic carbocycles. The lowest BCUT2D eigenvalue weighted by atomic mass is 10.0. The monoisotopic (exact) mass is 323 g/mol. The summed E-state index contributed by atoms with van der Waals surface area (Å²) in [6.07, 6.45) is -4.74. The highest BCUT2D eigenvalue weighted by molar-refractivity contribution is 6.31. The predicted octanol–water partition coefficient (Wildman–Crippen LogP) is 3.19. The summed E-state index contributed by atoms with van der Waals surface area (Å²) < 4.78 is 55.7. The topological polar surface area (TPSA) is 64.9 Å². The van der Waals surface area contributed by atoms with Crippen molar-refractivity contribution in [3.8, 4) is 0 Å². The minimum atomic E-state index is -4.73. The first kappa shape index (κ1) is 15.7. The molecule has 2 N–H and O–H groups in total. The van der Waals surface area contributed by atoms with Gasteiger partial charge in [0.1, 0.15) is 5.82 Å². The summed E-state index contributed by atoms with van der Waals surface area (Å²) >= 11 is 5.82. The van der Waals surface area contributed by atoms with Crippen LogP contribution in [0.25, 0.3) is 0 Å². The number of nitrogens with zero attached hydrogens (tertiary/aromatic N) is 2. The van der Waals surface area contributed by atoms with Crippen LogP contribution < -0.4 is 5.73 Å². The first-order valence-corrected chi connectivity index (χ1v) is 6.11. The van der Waals surface area contributed by atoms with Gasteiger partial charge in [-0.3, -0.25) is 0 Å². The Labute approximate surface area is 121 Å². The third-order valence-electron chi connectivity index (χ3n) is 2.86. The molecule has 1 atom stereocenters. The van der Waals surface area contributed by atoms with Crippen LogP contribution in [0.1, 0.15) is 24.2 Å². The second kappa shape index (κ2) is 5.27. The smallest absolute Gasteiger partial charge is 0.337 e. The third kappa shape index (κ3) is 3.16. The van der Waals surface area contributed by atoms with E-state index in [1.807, 2.05) is 0 Å². The van der Waals surface area contributed by atoms with Crippen LogP contribution in [0.2, 0.25) is 5.02 Å². The standard InChI is InChI=1S/C12H10ClF4N3O/c1-11(18,12(15,16)17)10-19-9(20-21-10)4-6-2-3-7(14)5-8(6)13/h2-3,5H,4,18H2,1H3. The van der Waals surface area contributed by atoms with Crippen molar-refractivity contribution in [3.63, 3.8) is 0 Å². The van der Waals surface area contributed by atoms with Crippen molar-refractivity contribution in [2.24, 2.45) is 5.73 Å². The van der Waals surface area contributed by atoms with Crippen molar-refractivity contribution in [2.75, 3.05) is 0 Å². The highest BCUT2D eigenvalue weighted by Gasteiger charge is 2.53. The summed E-state index contributed by atoms with van der Waals surface area (Å²) in [5.74, 6) is -1.30. The Balaban J connectivity index is 2.25. The van der Waals surface area contributed by atoms with E-state index in [-0.39, 0.29) is 17.3 Å². The molecule has 4 nitrogen and oxygen atoms in total. The molecule has 9 heteroatoms. The lowest BCUT2D eigenvalue weighted by molar-refractivity contribution is -0.190. The molecule has 0 aliphatic heterocycles. The Morgan fingerprint density at radius 3 is 2.57 bits per heavy atom. The number of benzene rings is 1. The van der Waals surface area contributed by atoms with Gasteiger partial charge in [-0.15, -0.1) is 0 Å². The summed E-state index contributed by atoms with van der Waals surface area (Å²) in [6, 6.07) is 3.64. The lowest BCUT2D eigenvalue weighted by Crippen LogP contribution is -2.48. The van der Waals surface area contributed by atoms with Gasteiger partial charge in [-0.1, -0.05) is 22.8 Å². The Kier molecular flexibility index (Phi) is 3.94. The molecular weight excluding hydrogens is 314 g/mol. The molecule has 0 bridgehead atoms. The number of halogens is 5. The molecular formula is C12H10ClF4N3O. The fraction of sp³-hybridized carbons (Fsp3) is 0.333. The van der Waals surface area contributed by atoms with Gasteiger partial charge >= 0.3 is 6.18 Å². The summed E-state index contributed by atoms with van der Waals surface area (Å²) in [5.41, 5.74) is 2.88. The summed E-state index contributed by atoms with van der Waals surface area (Å²) in [4.78, 5) is 3.63. The number of aromatic nitrogens is 2. The van der Waals surface area contributed by atoms with Gasteiger partial charge in [-0.2, -0.15) is 18.2 Å². The molecule has 0 spiro atoms. The molecule has 0 amide bonds. The van der Waals surface area contributed by atoms with Crippen molar-refractivity contribution in [1.29, 1.82) is 0 Å². The Hall–Kier alpha value is -1.67. The molecule has 0 fully saturated rings. The molecule has 2 aromatic rings. The maximum atomic E-state index is 12.9. The Morgan fingerprint density at radius 2 is 2.00 bits per heavy atom. The van der Waals surface area contributed by atoms with Crippen LogP contribution in [0.15, 0.2) is 22.7 Å². The molecule has 0 aliphatic carbocycles. The predicted molar refractivity (Wildman–Crippen MR) is 66.1 cm³/mol. The van der Waals surface area contributed by atoms with Crippen LogP contribution in [0.3, 0.4) is 0 Å². The van der Waals surface area contributed by atoms with E-state index in [1.165, 1.54) is 12.1 Å². The van der Waals surface area contributed by atoms with Crippen LogP contribution >= 0.6 is 11.6 Å². The minimum absolute atomic E-state index is 0.00342. The fourth-order valence-corrected chi connectivity index (χ4v) is 1.73. The van der Waals surface area contributed by atoms with Crippen LogP contribution in [0.4, 0.5) is 17.6 Å². The quantitative estimate of drug-likeness (QED) is 0.881. The van der Waals surface area contributed by atoms with Gasteiger partial charge in [0.05, 0.1) is 0 Å². The molecule has 0 aliphatic rings. The second-order valence-electron chi connectivity index (χ2n) is 4.63. The highest BCUT2D eigenvalue weighted by atomic mass is 35.5. The average Bonchev–Trinajstić information content (AvgIpc) is 2.80. The molecule has 1 aromatic heterocycles. The van der Waals surface area contributed by atoms with E-state index in [1.54, 1.807) is 0 Å². The summed E-state index contributed by atoms with van der Waals surface area (Å²) in [6.45, 7) is 0.731. The molecule has 1 unspecified atom stereocenters. The molecule has 2 rings (SSSR count). The van der Waals surface area contributed by atoms with Crippen molar-refractivity contribution in [2.45, 2.75) is 25.1 Å². The molecule has 1 heterocycles. The zero-order chi connectivity index (χ0) is 15.8. The number of rotatable bonds is 3. The highest BCUT2D eigenvalue weighted by Crippen LogP contribution is 2.35. The molecule has 0 saturated heterocycles. The van der Waals surface area contributed by atoms with Crippen LogP contribution in [0, 0.1) is 5.82 Å². The van der Waals surface area contributed by atoms with Crippen molar-refractivity contribution >= 4 is 11.6 Å². The van der Waals surface area contributed by atoms with Gasteiger partial charge in [0.25, 0.3) is 5.89 Å². The van der Waals surface area contributed by atoms with Crippen LogP contribution in [0.5, 0.6) is 0 Å². The summed E-state index contributed by atoms with van der Waals surface area (Å²) in [5, 5.41) is 3.55. The Bertz CT molecular complexity index is 654. The SMILES string of the molecule is CC(N)(c1nc(Cc2ccc(F)cc2Cl)no1)C(F)(F)F. The van der Waals surface area contributed by atoms with Crippen molar-refractivity contribution in [1.82, 2.24) is 10.1 Å². The van der Waals surface area contributed by atoms with E-state index in [0.717, 1.165) is 13.0 Å². The maximum absolute atomic E-state index is 12.9. The normalized spacial score (nSPS) is 15.0. The second-order valence-corrected chi connectivity index (χ2v) is 5.04. The van der Waals surface area contributed by atoms with E-state index in [4.69, 9.17) is 17.3 Å². The molecule has 21 heavy (non-hydrogen) atoms. The van der Waals surface area contributed by atoms with E-state index in [2.05, 4.69) is 14.7 Å². The van der Waals surface area contributed by atoms with Crippen LogP contribution in [-0.4, -0.2) is 16.3 Å². The van der Waals surface area contributed by atoms with Gasteiger partial charge in [0.15, 0.2) is 11.4 Å². The zero-order valence-corrected chi connectivity index (χ0v) is 11.5. The number of hydrogen-bond acceptors (Lipinski definition) is 4. The van der Waals surface area contributed by atoms with Gasteiger partial charge in [-0.25, -0.2) is 4.39 Å². The van der Waals surface area contributed by atoms with E-state index in [9.17, 15) is 17.6 Å². The lowest BCUT2D eigenvalue weighted by Gasteiger charge is -2.22. The van der Waals surface area contributed by atoms with Crippen LogP contribution in [-0.2, 0) is 12.0 Å². The maximum Gasteiger partial charge on any atom is 0.415 e. The molecule has 114 valence electrons. The van der Waals surface area contributed by atoms with Crippen molar-refractivity contribution < 1.29 is 22.1 Å². The summed E-state index contributed by atoms with van der Waals surface area (Å²) in [7, 11) is 0. The zero-order valence-electron chi connectivity index (χ0n) is 10.7. The van der Waals surface area contributed by atoms with E-state index >= 15 is 0 Å². The first-order chi connectivity index (χ1) is 9.61. The molecule has 0 saturated carbocycles.